The maximum atomic E-state index is 12.4. The first-order valence-corrected chi connectivity index (χ1v) is 5.93. The highest BCUT2D eigenvalue weighted by atomic mass is 19.4. The molecule has 2 aromatic rings. The Balaban J connectivity index is 1.99. The van der Waals surface area contributed by atoms with Crippen LogP contribution in [0.15, 0.2) is 59.6 Å². The Bertz CT molecular complexity index is 634. The van der Waals surface area contributed by atoms with Crippen molar-refractivity contribution < 1.29 is 22.7 Å². The molecule has 0 saturated heterocycles. The molecule has 2 rings (SSSR count). The maximum absolute atomic E-state index is 12.4. The van der Waals surface area contributed by atoms with Crippen LogP contribution in [0, 0.1) is 0 Å². The minimum Gasteiger partial charge on any atom is -0.422 e. The molecule has 2 aromatic carbocycles. The summed E-state index contributed by atoms with van der Waals surface area (Å²) in [5, 5.41) is 0. The fourth-order valence-electron chi connectivity index (χ4n) is 1.49. The van der Waals surface area contributed by atoms with Crippen LogP contribution in [0.5, 0.6) is 5.75 Å². The van der Waals surface area contributed by atoms with Crippen molar-refractivity contribution in [2.24, 2.45) is 4.99 Å². The SMILES string of the molecule is O=C(C=Nc1ccc(C(F)(F)F)cc1)Oc1ccccc1. The van der Waals surface area contributed by atoms with E-state index in [0.717, 1.165) is 18.3 Å². The number of esters is 1. The second kappa shape index (κ2) is 6.21. The van der Waals surface area contributed by atoms with Gasteiger partial charge in [0.2, 0.25) is 0 Å². The molecule has 6 heteroatoms. The number of ether oxygens (including phenoxy) is 1. The average molecular weight is 293 g/mol. The predicted molar refractivity (Wildman–Crippen MR) is 71.7 cm³/mol. The van der Waals surface area contributed by atoms with E-state index in [1.54, 1.807) is 30.3 Å². The van der Waals surface area contributed by atoms with Crippen molar-refractivity contribution in [1.82, 2.24) is 0 Å². The molecule has 0 amide bonds. The molecule has 0 aromatic heterocycles. The topological polar surface area (TPSA) is 38.7 Å². The van der Waals surface area contributed by atoms with Gasteiger partial charge in [-0.05, 0) is 36.4 Å². The van der Waals surface area contributed by atoms with Crippen LogP contribution in [0.2, 0.25) is 0 Å². The predicted octanol–water partition coefficient (Wildman–Crippen LogP) is 4.01. The van der Waals surface area contributed by atoms with Crippen LogP contribution in [-0.4, -0.2) is 12.2 Å². The highest BCUT2D eigenvalue weighted by molar-refractivity contribution is 6.24. The third-order valence-electron chi connectivity index (χ3n) is 2.48. The standard InChI is InChI=1S/C15H10F3NO2/c16-15(17,18)11-6-8-12(9-7-11)19-10-14(20)21-13-4-2-1-3-5-13/h1-10H. The van der Waals surface area contributed by atoms with E-state index in [1.165, 1.54) is 12.1 Å². The number of para-hydroxylation sites is 1. The molecule has 0 unspecified atom stereocenters. The fraction of sp³-hybridized carbons (Fsp3) is 0.0667. The number of alkyl halides is 3. The average Bonchev–Trinajstić information content (AvgIpc) is 2.46. The highest BCUT2D eigenvalue weighted by Gasteiger charge is 2.29. The van der Waals surface area contributed by atoms with Crippen molar-refractivity contribution in [3.8, 4) is 5.75 Å². The van der Waals surface area contributed by atoms with Gasteiger partial charge in [0.25, 0.3) is 0 Å². The lowest BCUT2D eigenvalue weighted by Crippen LogP contribution is -2.08. The van der Waals surface area contributed by atoms with E-state index in [2.05, 4.69) is 4.99 Å². The molecular weight excluding hydrogens is 283 g/mol. The first-order valence-electron chi connectivity index (χ1n) is 5.93. The van der Waals surface area contributed by atoms with Crippen molar-refractivity contribution in [2.75, 3.05) is 0 Å². The smallest absolute Gasteiger partial charge is 0.416 e. The summed E-state index contributed by atoms with van der Waals surface area (Å²) in [4.78, 5) is 15.2. The number of hydrogen-bond donors (Lipinski definition) is 0. The zero-order valence-corrected chi connectivity index (χ0v) is 10.7. The van der Waals surface area contributed by atoms with Crippen LogP contribution in [0.4, 0.5) is 18.9 Å². The van der Waals surface area contributed by atoms with E-state index >= 15 is 0 Å². The molecule has 0 aliphatic heterocycles. The summed E-state index contributed by atoms with van der Waals surface area (Å²) in [6, 6.07) is 12.5. The molecule has 0 N–H and O–H groups in total. The molecular formula is C15H10F3NO2. The normalized spacial score (nSPS) is 11.6. The molecule has 0 heterocycles. The summed E-state index contributed by atoms with van der Waals surface area (Å²) in [5.41, 5.74) is -0.540. The minimum absolute atomic E-state index is 0.230. The summed E-state index contributed by atoms with van der Waals surface area (Å²) in [6.07, 6.45) is -3.48. The molecule has 0 fully saturated rings. The third-order valence-corrected chi connectivity index (χ3v) is 2.48. The Morgan fingerprint density at radius 3 is 2.19 bits per heavy atom. The fourth-order valence-corrected chi connectivity index (χ4v) is 1.49. The van der Waals surface area contributed by atoms with Gasteiger partial charge in [0.05, 0.1) is 11.3 Å². The molecule has 0 bridgehead atoms. The van der Waals surface area contributed by atoms with Crippen molar-refractivity contribution in [1.29, 1.82) is 0 Å². The Labute approximate surface area is 118 Å². The van der Waals surface area contributed by atoms with Crippen molar-refractivity contribution in [2.45, 2.75) is 6.18 Å². The first kappa shape index (κ1) is 14.8. The summed E-state index contributed by atoms with van der Waals surface area (Å²) < 4.78 is 42.0. The van der Waals surface area contributed by atoms with E-state index in [4.69, 9.17) is 4.74 Å². The number of aliphatic imine (C=N–C) groups is 1. The second-order valence-electron chi connectivity index (χ2n) is 4.04. The number of carbonyl (C=O) groups excluding carboxylic acids is 1. The van der Waals surface area contributed by atoms with E-state index in [1.807, 2.05) is 0 Å². The largest absolute Gasteiger partial charge is 0.422 e. The Hall–Kier alpha value is -2.63. The molecule has 3 nitrogen and oxygen atoms in total. The van der Waals surface area contributed by atoms with Crippen LogP contribution < -0.4 is 4.74 Å². The van der Waals surface area contributed by atoms with Crippen LogP contribution in [0.1, 0.15) is 5.56 Å². The quantitative estimate of drug-likeness (QED) is 0.487. The molecule has 0 radical (unpaired) electrons. The second-order valence-corrected chi connectivity index (χ2v) is 4.04. The number of benzene rings is 2. The van der Waals surface area contributed by atoms with Gasteiger partial charge < -0.3 is 4.74 Å². The van der Waals surface area contributed by atoms with Crippen molar-refractivity contribution in [3.05, 3.63) is 60.2 Å². The summed E-state index contributed by atoms with van der Waals surface area (Å²) >= 11 is 0. The Kier molecular flexibility index (Phi) is 4.37. The molecule has 108 valence electrons. The minimum atomic E-state index is -4.39. The lowest BCUT2D eigenvalue weighted by Gasteiger charge is -2.05. The van der Waals surface area contributed by atoms with Gasteiger partial charge in [-0.2, -0.15) is 13.2 Å². The number of nitrogens with zero attached hydrogens (tertiary/aromatic N) is 1. The zero-order chi connectivity index (χ0) is 15.3. The van der Waals surface area contributed by atoms with Gasteiger partial charge in [-0.3, -0.25) is 0 Å². The van der Waals surface area contributed by atoms with Crippen LogP contribution >= 0.6 is 0 Å². The first-order chi connectivity index (χ1) is 9.95. The summed E-state index contributed by atoms with van der Waals surface area (Å²) in [7, 11) is 0. The molecule has 0 atom stereocenters. The van der Waals surface area contributed by atoms with Gasteiger partial charge >= 0.3 is 12.1 Å². The summed E-state index contributed by atoms with van der Waals surface area (Å²) in [6.45, 7) is 0. The van der Waals surface area contributed by atoms with Gasteiger partial charge in [0, 0.05) is 0 Å². The van der Waals surface area contributed by atoms with Crippen LogP contribution in [0.3, 0.4) is 0 Å². The van der Waals surface area contributed by atoms with Gasteiger partial charge in [0.1, 0.15) is 12.0 Å². The van der Waals surface area contributed by atoms with Crippen LogP contribution in [-0.2, 0) is 11.0 Å². The number of carbonyl (C=O) groups is 1. The lowest BCUT2D eigenvalue weighted by atomic mass is 10.2. The van der Waals surface area contributed by atoms with Crippen LogP contribution in [0.25, 0.3) is 0 Å². The van der Waals surface area contributed by atoms with Gasteiger partial charge in [-0.1, -0.05) is 18.2 Å². The van der Waals surface area contributed by atoms with Crippen molar-refractivity contribution in [3.63, 3.8) is 0 Å². The number of rotatable bonds is 3. The monoisotopic (exact) mass is 293 g/mol. The van der Waals surface area contributed by atoms with E-state index < -0.39 is 17.7 Å². The number of hydrogen-bond acceptors (Lipinski definition) is 3. The Morgan fingerprint density at radius 2 is 1.62 bits per heavy atom. The Morgan fingerprint density at radius 1 is 1.00 bits per heavy atom. The molecule has 0 spiro atoms. The lowest BCUT2D eigenvalue weighted by molar-refractivity contribution is -0.137. The van der Waals surface area contributed by atoms with Gasteiger partial charge in [-0.25, -0.2) is 9.79 Å². The van der Waals surface area contributed by atoms with E-state index in [9.17, 15) is 18.0 Å². The zero-order valence-electron chi connectivity index (χ0n) is 10.7. The van der Waals surface area contributed by atoms with E-state index in [-0.39, 0.29) is 5.69 Å². The molecule has 0 aliphatic carbocycles. The highest BCUT2D eigenvalue weighted by Crippen LogP contribution is 2.30. The number of halogens is 3. The summed E-state index contributed by atoms with van der Waals surface area (Å²) in [5.74, 6) is -0.345. The van der Waals surface area contributed by atoms with Gasteiger partial charge in [0.15, 0.2) is 0 Å². The molecule has 0 aliphatic rings. The van der Waals surface area contributed by atoms with Gasteiger partial charge in [-0.15, -0.1) is 0 Å². The third kappa shape index (κ3) is 4.45. The molecule has 0 saturated carbocycles. The molecule has 21 heavy (non-hydrogen) atoms. The van der Waals surface area contributed by atoms with Crippen molar-refractivity contribution >= 4 is 17.9 Å². The van der Waals surface area contributed by atoms with E-state index in [0.29, 0.717) is 5.75 Å². The maximum Gasteiger partial charge on any atom is 0.416 e.